The van der Waals surface area contributed by atoms with E-state index in [2.05, 4.69) is 15.0 Å². The Bertz CT molecular complexity index is 1200. The van der Waals surface area contributed by atoms with Crippen LogP contribution in [0.4, 0.5) is 4.79 Å². The van der Waals surface area contributed by atoms with Gasteiger partial charge in [0.2, 0.25) is 16.7 Å². The van der Waals surface area contributed by atoms with Crippen molar-refractivity contribution in [1.29, 1.82) is 0 Å². The Balaban J connectivity index is 1.47. The summed E-state index contributed by atoms with van der Waals surface area (Å²) in [6.45, 7) is 4.60. The molecule has 9 nitrogen and oxygen atoms in total. The van der Waals surface area contributed by atoms with Crippen LogP contribution >= 0.6 is 11.3 Å². The van der Waals surface area contributed by atoms with E-state index in [1.807, 2.05) is 30.3 Å². The van der Waals surface area contributed by atoms with Crippen molar-refractivity contribution in [2.24, 2.45) is 0 Å². The summed E-state index contributed by atoms with van der Waals surface area (Å²) in [6, 6.07) is 13.4. The summed E-state index contributed by atoms with van der Waals surface area (Å²) >= 11 is 1.40. The van der Waals surface area contributed by atoms with E-state index in [9.17, 15) is 9.90 Å². The number of piperazine rings is 1. The largest absolute Gasteiger partial charge is 0.492 e. The molecule has 1 fully saturated rings. The Kier molecular flexibility index (Phi) is 5.54. The fourth-order valence-electron chi connectivity index (χ4n) is 3.98. The molecule has 1 N–H and O–H groups in total. The van der Waals surface area contributed by atoms with E-state index in [0.717, 1.165) is 10.4 Å². The van der Waals surface area contributed by atoms with Gasteiger partial charge in [0.1, 0.15) is 0 Å². The average Bonchev–Trinajstić information content (AvgIpc) is 3.54. The molecular formula is C22H23N5O4S. The second kappa shape index (κ2) is 8.64. The smallest absolute Gasteiger partial charge is 0.409 e. The van der Waals surface area contributed by atoms with Crippen LogP contribution in [0.1, 0.15) is 23.4 Å². The van der Waals surface area contributed by atoms with Crippen LogP contribution in [0.25, 0.3) is 16.5 Å². The van der Waals surface area contributed by atoms with Gasteiger partial charge in [0, 0.05) is 26.2 Å². The van der Waals surface area contributed by atoms with Gasteiger partial charge in [0.05, 0.1) is 23.8 Å². The number of rotatable bonds is 5. The molecule has 4 heterocycles. The fourth-order valence-corrected chi connectivity index (χ4v) is 5.10. The highest BCUT2D eigenvalue weighted by molar-refractivity contribution is 7.17. The number of benzene rings is 1. The number of aromatic hydroxyl groups is 1. The summed E-state index contributed by atoms with van der Waals surface area (Å²) in [5, 5.41) is 15.5. The summed E-state index contributed by atoms with van der Waals surface area (Å²) in [6.07, 6.45) is 1.28. The van der Waals surface area contributed by atoms with E-state index in [-0.39, 0.29) is 18.0 Å². The van der Waals surface area contributed by atoms with Crippen molar-refractivity contribution in [2.45, 2.75) is 13.0 Å². The van der Waals surface area contributed by atoms with Crippen LogP contribution in [0.2, 0.25) is 0 Å². The van der Waals surface area contributed by atoms with Gasteiger partial charge in [-0.2, -0.15) is 9.50 Å². The number of hydrogen-bond acceptors (Lipinski definition) is 8. The molecule has 3 aromatic heterocycles. The van der Waals surface area contributed by atoms with Gasteiger partial charge < -0.3 is 19.2 Å². The van der Waals surface area contributed by atoms with Crippen molar-refractivity contribution < 1.29 is 19.1 Å². The first-order valence-electron chi connectivity index (χ1n) is 10.5. The van der Waals surface area contributed by atoms with Crippen molar-refractivity contribution in [1.82, 2.24) is 24.4 Å². The van der Waals surface area contributed by atoms with Crippen molar-refractivity contribution in [3.8, 4) is 17.5 Å². The molecule has 4 aromatic rings. The fraction of sp³-hybridized carbons (Fsp3) is 0.318. The normalized spacial score (nSPS) is 15.8. The van der Waals surface area contributed by atoms with Gasteiger partial charge in [0.15, 0.2) is 5.76 Å². The molecule has 1 saturated heterocycles. The predicted molar refractivity (Wildman–Crippen MR) is 119 cm³/mol. The first-order chi connectivity index (χ1) is 15.7. The van der Waals surface area contributed by atoms with E-state index in [1.54, 1.807) is 30.2 Å². The standard InChI is InChI=1S/C22H23N5O4S/c1-2-30-22(29)26-12-10-25(11-13-26)17(15-7-4-3-5-8-15)18-20(28)27-21(32-18)23-19(24-27)16-9-6-14-31-16/h3-9,14,17,28H,2,10-13H2,1H3/t17-/m0/s1. The van der Waals surface area contributed by atoms with Gasteiger partial charge >= 0.3 is 6.09 Å². The van der Waals surface area contributed by atoms with Crippen LogP contribution in [-0.4, -0.2) is 68.4 Å². The second-order valence-electron chi connectivity index (χ2n) is 7.43. The Morgan fingerprint density at radius 2 is 1.97 bits per heavy atom. The van der Waals surface area contributed by atoms with E-state index < -0.39 is 0 Å². The maximum atomic E-state index is 12.1. The SMILES string of the molecule is CCOC(=O)N1CCN([C@@H](c2ccccc2)c2sc3nc(-c4ccco4)nn3c2O)CC1. The Morgan fingerprint density at radius 1 is 1.19 bits per heavy atom. The molecule has 5 rings (SSSR count). The molecule has 1 amide bonds. The molecule has 0 aliphatic carbocycles. The van der Waals surface area contributed by atoms with E-state index in [1.165, 1.54) is 15.9 Å². The molecule has 0 saturated carbocycles. The summed E-state index contributed by atoms with van der Waals surface area (Å²) in [7, 11) is 0. The van der Waals surface area contributed by atoms with Gasteiger partial charge in [0.25, 0.3) is 0 Å². The molecule has 0 radical (unpaired) electrons. The molecule has 1 atom stereocenters. The number of carbonyl (C=O) groups excluding carboxylic acids is 1. The van der Waals surface area contributed by atoms with Gasteiger partial charge in [-0.1, -0.05) is 41.7 Å². The summed E-state index contributed by atoms with van der Waals surface area (Å²) in [5.74, 6) is 1.05. The molecule has 32 heavy (non-hydrogen) atoms. The number of fused-ring (bicyclic) bond motifs is 1. The third-order valence-electron chi connectivity index (χ3n) is 5.51. The lowest BCUT2D eigenvalue weighted by molar-refractivity contribution is 0.0715. The first-order valence-corrected chi connectivity index (χ1v) is 11.3. The molecule has 0 bridgehead atoms. The van der Waals surface area contributed by atoms with Crippen molar-refractivity contribution in [3.63, 3.8) is 0 Å². The Labute approximate surface area is 188 Å². The minimum atomic E-state index is -0.282. The van der Waals surface area contributed by atoms with Crippen LogP contribution in [0.15, 0.2) is 53.1 Å². The Hall–Kier alpha value is -3.37. The van der Waals surface area contributed by atoms with Gasteiger partial charge in [-0.25, -0.2) is 4.79 Å². The number of ether oxygens (including phenoxy) is 1. The number of thiazole rings is 1. The molecule has 1 aliphatic heterocycles. The van der Waals surface area contributed by atoms with Crippen LogP contribution in [0.5, 0.6) is 5.88 Å². The number of amides is 1. The van der Waals surface area contributed by atoms with Crippen molar-refractivity contribution in [2.75, 3.05) is 32.8 Å². The maximum Gasteiger partial charge on any atom is 0.409 e. The molecule has 0 unspecified atom stereocenters. The zero-order chi connectivity index (χ0) is 22.1. The third kappa shape index (κ3) is 3.71. The number of carbonyl (C=O) groups is 1. The second-order valence-corrected chi connectivity index (χ2v) is 8.44. The first kappa shape index (κ1) is 20.5. The maximum absolute atomic E-state index is 12.1. The van der Waals surface area contributed by atoms with Crippen molar-refractivity contribution >= 4 is 22.4 Å². The lowest BCUT2D eigenvalue weighted by Gasteiger charge is -2.38. The summed E-state index contributed by atoms with van der Waals surface area (Å²) in [5.41, 5.74) is 1.06. The highest BCUT2D eigenvalue weighted by Crippen LogP contribution is 2.40. The van der Waals surface area contributed by atoms with Crippen LogP contribution in [0.3, 0.4) is 0 Å². The summed E-state index contributed by atoms with van der Waals surface area (Å²) < 4.78 is 12.0. The lowest BCUT2D eigenvalue weighted by atomic mass is 10.0. The molecular weight excluding hydrogens is 430 g/mol. The van der Waals surface area contributed by atoms with E-state index >= 15 is 0 Å². The lowest BCUT2D eigenvalue weighted by Crippen LogP contribution is -2.49. The monoisotopic (exact) mass is 453 g/mol. The third-order valence-corrected chi connectivity index (χ3v) is 6.58. The quantitative estimate of drug-likeness (QED) is 0.493. The Morgan fingerprint density at radius 3 is 2.62 bits per heavy atom. The van der Waals surface area contributed by atoms with Crippen LogP contribution in [0, 0.1) is 0 Å². The minimum Gasteiger partial charge on any atom is -0.492 e. The zero-order valence-electron chi connectivity index (χ0n) is 17.5. The molecule has 1 aliphatic rings. The zero-order valence-corrected chi connectivity index (χ0v) is 18.4. The predicted octanol–water partition coefficient (Wildman–Crippen LogP) is 3.62. The number of aromatic nitrogens is 3. The molecule has 166 valence electrons. The van der Waals surface area contributed by atoms with Crippen LogP contribution < -0.4 is 0 Å². The van der Waals surface area contributed by atoms with Gasteiger partial charge in [-0.3, -0.25) is 4.90 Å². The number of hydrogen-bond donors (Lipinski definition) is 1. The highest BCUT2D eigenvalue weighted by Gasteiger charge is 2.33. The molecule has 10 heteroatoms. The van der Waals surface area contributed by atoms with Crippen molar-refractivity contribution in [3.05, 3.63) is 59.2 Å². The van der Waals surface area contributed by atoms with Gasteiger partial charge in [-0.15, -0.1) is 5.10 Å². The van der Waals surface area contributed by atoms with E-state index in [4.69, 9.17) is 9.15 Å². The average molecular weight is 454 g/mol. The minimum absolute atomic E-state index is 0.0666. The van der Waals surface area contributed by atoms with Crippen LogP contribution in [-0.2, 0) is 4.74 Å². The summed E-state index contributed by atoms with van der Waals surface area (Å²) in [4.78, 5) is 22.0. The topological polar surface area (TPSA) is 96.3 Å². The number of nitrogens with zero attached hydrogens (tertiary/aromatic N) is 5. The van der Waals surface area contributed by atoms with E-state index in [0.29, 0.717) is 49.3 Å². The molecule has 1 aromatic carbocycles. The van der Waals surface area contributed by atoms with Gasteiger partial charge in [-0.05, 0) is 24.6 Å². The highest BCUT2D eigenvalue weighted by atomic mass is 32.1. The molecule has 0 spiro atoms. The number of furan rings is 1.